The summed E-state index contributed by atoms with van der Waals surface area (Å²) in [6, 6.07) is 4.09. The number of hydrogen-bond acceptors (Lipinski definition) is 3. The predicted octanol–water partition coefficient (Wildman–Crippen LogP) is 2.69. The quantitative estimate of drug-likeness (QED) is 0.842. The van der Waals surface area contributed by atoms with Crippen molar-refractivity contribution in [1.29, 1.82) is 0 Å². The maximum atomic E-state index is 11.8. The topological polar surface area (TPSA) is 55.1 Å². The van der Waals surface area contributed by atoms with Gasteiger partial charge in [0.2, 0.25) is 5.91 Å². The molecule has 0 aromatic carbocycles. The Morgan fingerprint density at radius 3 is 2.78 bits per heavy atom. The average Bonchev–Trinajstić information content (AvgIpc) is 2.72. The molecule has 1 saturated carbocycles. The number of hydrogen-bond donors (Lipinski definition) is 2. The van der Waals surface area contributed by atoms with E-state index in [1.807, 2.05) is 6.07 Å². The molecule has 1 amide bonds. The Bertz CT molecular complexity index is 409. The Labute approximate surface area is 120 Å². The van der Waals surface area contributed by atoms with Gasteiger partial charge in [-0.15, -0.1) is 11.3 Å². The second kappa shape index (κ2) is 6.17. The number of carbonyl (C=O) groups excluding carboxylic acids is 1. The van der Waals surface area contributed by atoms with Crippen molar-refractivity contribution in [3.63, 3.8) is 0 Å². The highest BCUT2D eigenvalue weighted by atomic mass is 79.9. The number of rotatable bonds is 6. The zero-order valence-electron chi connectivity index (χ0n) is 10.4. The summed E-state index contributed by atoms with van der Waals surface area (Å²) in [6.07, 6.45) is 4.94. The molecule has 0 spiro atoms. The van der Waals surface area contributed by atoms with Gasteiger partial charge in [0.1, 0.15) is 0 Å². The fourth-order valence-corrected chi connectivity index (χ4v) is 3.71. The van der Waals surface area contributed by atoms with Crippen molar-refractivity contribution in [3.8, 4) is 0 Å². The molecule has 0 atom stereocenters. The maximum Gasteiger partial charge on any atom is 0.220 e. The van der Waals surface area contributed by atoms with E-state index < -0.39 is 0 Å². The van der Waals surface area contributed by atoms with Crippen LogP contribution in [-0.2, 0) is 11.2 Å². The molecule has 1 aliphatic rings. The molecule has 3 nitrogen and oxygen atoms in total. The van der Waals surface area contributed by atoms with Crippen LogP contribution in [0.5, 0.6) is 0 Å². The Morgan fingerprint density at radius 2 is 2.28 bits per heavy atom. The van der Waals surface area contributed by atoms with Gasteiger partial charge in [0, 0.05) is 17.8 Å². The van der Waals surface area contributed by atoms with Gasteiger partial charge in [0.05, 0.1) is 3.79 Å². The van der Waals surface area contributed by atoms with Crippen LogP contribution in [0.3, 0.4) is 0 Å². The summed E-state index contributed by atoms with van der Waals surface area (Å²) in [6.45, 7) is 1.43. The third kappa shape index (κ3) is 3.56. The molecule has 0 bridgehead atoms. The van der Waals surface area contributed by atoms with Crippen LogP contribution in [0.2, 0.25) is 0 Å². The van der Waals surface area contributed by atoms with Gasteiger partial charge in [-0.2, -0.15) is 0 Å². The van der Waals surface area contributed by atoms with Crippen molar-refractivity contribution < 1.29 is 4.79 Å². The monoisotopic (exact) mass is 330 g/mol. The molecule has 2 rings (SSSR count). The molecule has 1 heterocycles. The zero-order valence-corrected chi connectivity index (χ0v) is 12.8. The lowest BCUT2D eigenvalue weighted by Gasteiger charge is -2.41. The van der Waals surface area contributed by atoms with Crippen molar-refractivity contribution in [1.82, 2.24) is 5.32 Å². The number of nitrogens with one attached hydrogen (secondary N) is 1. The third-order valence-corrected chi connectivity index (χ3v) is 5.42. The molecular weight excluding hydrogens is 312 g/mol. The minimum Gasteiger partial charge on any atom is -0.355 e. The second-order valence-electron chi connectivity index (χ2n) is 5.04. The van der Waals surface area contributed by atoms with Gasteiger partial charge >= 0.3 is 0 Å². The molecule has 100 valence electrons. The summed E-state index contributed by atoms with van der Waals surface area (Å²) < 4.78 is 1.12. The lowest BCUT2D eigenvalue weighted by molar-refractivity contribution is -0.121. The molecule has 0 saturated heterocycles. The van der Waals surface area contributed by atoms with Gasteiger partial charge in [0.25, 0.3) is 0 Å². The molecule has 1 aliphatic carbocycles. The number of halogens is 1. The first-order chi connectivity index (χ1) is 8.63. The normalized spacial score (nSPS) is 17.2. The van der Waals surface area contributed by atoms with Gasteiger partial charge in [-0.1, -0.05) is 6.42 Å². The summed E-state index contributed by atoms with van der Waals surface area (Å²) in [5.41, 5.74) is 5.96. The molecule has 1 fully saturated rings. The van der Waals surface area contributed by atoms with E-state index in [2.05, 4.69) is 27.3 Å². The smallest absolute Gasteiger partial charge is 0.220 e. The fourth-order valence-electron chi connectivity index (χ4n) is 2.23. The molecule has 0 radical (unpaired) electrons. The lowest BCUT2D eigenvalue weighted by atomic mass is 9.69. The Morgan fingerprint density at radius 1 is 1.50 bits per heavy atom. The standard InChI is InChI=1S/C13H19BrN2OS/c14-11-4-2-10(18-11)3-5-12(17)16-9-13(8-15)6-1-7-13/h2,4H,1,3,5-9,15H2,(H,16,17). The highest BCUT2D eigenvalue weighted by molar-refractivity contribution is 9.11. The van der Waals surface area contributed by atoms with Gasteiger partial charge in [-0.3, -0.25) is 4.79 Å². The first-order valence-electron chi connectivity index (χ1n) is 6.35. The van der Waals surface area contributed by atoms with Crippen LogP contribution in [-0.4, -0.2) is 19.0 Å². The van der Waals surface area contributed by atoms with E-state index >= 15 is 0 Å². The van der Waals surface area contributed by atoms with E-state index in [1.54, 1.807) is 11.3 Å². The Hall–Kier alpha value is -0.390. The van der Waals surface area contributed by atoms with Crippen molar-refractivity contribution in [2.24, 2.45) is 11.1 Å². The minimum atomic E-state index is 0.138. The molecule has 5 heteroatoms. The predicted molar refractivity (Wildman–Crippen MR) is 78.7 cm³/mol. The Kier molecular flexibility index (Phi) is 4.81. The van der Waals surface area contributed by atoms with Crippen LogP contribution < -0.4 is 11.1 Å². The molecule has 0 aliphatic heterocycles. The number of aryl methyl sites for hydroxylation is 1. The van der Waals surface area contributed by atoms with Crippen LogP contribution in [0.15, 0.2) is 15.9 Å². The minimum absolute atomic E-state index is 0.138. The zero-order chi connectivity index (χ0) is 13.0. The summed E-state index contributed by atoms with van der Waals surface area (Å²) in [5.74, 6) is 0.138. The van der Waals surface area contributed by atoms with E-state index in [-0.39, 0.29) is 11.3 Å². The van der Waals surface area contributed by atoms with Gasteiger partial charge in [-0.05, 0) is 59.3 Å². The fraction of sp³-hybridized carbons (Fsp3) is 0.615. The van der Waals surface area contributed by atoms with Crippen LogP contribution in [0.25, 0.3) is 0 Å². The van der Waals surface area contributed by atoms with Gasteiger partial charge < -0.3 is 11.1 Å². The van der Waals surface area contributed by atoms with E-state index in [0.29, 0.717) is 13.0 Å². The van der Waals surface area contributed by atoms with Crippen LogP contribution in [0.1, 0.15) is 30.6 Å². The first-order valence-corrected chi connectivity index (χ1v) is 7.95. The molecule has 3 N–H and O–H groups in total. The highest BCUT2D eigenvalue weighted by Crippen LogP contribution is 2.39. The van der Waals surface area contributed by atoms with Crippen molar-refractivity contribution in [2.75, 3.05) is 13.1 Å². The lowest BCUT2D eigenvalue weighted by Crippen LogP contribution is -2.46. The first kappa shape index (κ1) is 14.0. The number of thiophene rings is 1. The van der Waals surface area contributed by atoms with Crippen LogP contribution in [0.4, 0.5) is 0 Å². The average molecular weight is 331 g/mol. The molecule has 1 aromatic heterocycles. The second-order valence-corrected chi connectivity index (χ2v) is 7.59. The van der Waals surface area contributed by atoms with Crippen molar-refractivity contribution in [2.45, 2.75) is 32.1 Å². The van der Waals surface area contributed by atoms with E-state index in [0.717, 1.165) is 29.6 Å². The highest BCUT2D eigenvalue weighted by Gasteiger charge is 2.35. The number of carbonyl (C=O) groups is 1. The molecule has 0 unspecified atom stereocenters. The molecule has 18 heavy (non-hydrogen) atoms. The van der Waals surface area contributed by atoms with Crippen LogP contribution in [0, 0.1) is 5.41 Å². The van der Waals surface area contributed by atoms with E-state index in [1.165, 1.54) is 11.3 Å². The number of nitrogens with two attached hydrogens (primary N) is 1. The largest absolute Gasteiger partial charge is 0.355 e. The maximum absolute atomic E-state index is 11.8. The number of amides is 1. The molecular formula is C13H19BrN2OS. The van der Waals surface area contributed by atoms with Crippen molar-refractivity contribution in [3.05, 3.63) is 20.8 Å². The third-order valence-electron chi connectivity index (χ3n) is 3.74. The molecule has 1 aromatic rings. The summed E-state index contributed by atoms with van der Waals surface area (Å²) in [4.78, 5) is 13.0. The Balaban J connectivity index is 1.69. The summed E-state index contributed by atoms with van der Waals surface area (Å²) in [5, 5.41) is 3.03. The van der Waals surface area contributed by atoms with E-state index in [4.69, 9.17) is 5.73 Å². The van der Waals surface area contributed by atoms with Gasteiger partial charge in [0.15, 0.2) is 0 Å². The van der Waals surface area contributed by atoms with Crippen LogP contribution >= 0.6 is 27.3 Å². The van der Waals surface area contributed by atoms with Gasteiger partial charge in [-0.25, -0.2) is 0 Å². The summed E-state index contributed by atoms with van der Waals surface area (Å²) >= 11 is 5.12. The SMILES string of the molecule is NCC1(CNC(=O)CCc2ccc(Br)s2)CCC1. The summed E-state index contributed by atoms with van der Waals surface area (Å²) in [7, 11) is 0. The van der Waals surface area contributed by atoms with Crippen molar-refractivity contribution >= 4 is 33.2 Å². The van der Waals surface area contributed by atoms with E-state index in [9.17, 15) is 4.79 Å².